The van der Waals surface area contributed by atoms with E-state index in [1.54, 1.807) is 7.11 Å². The van der Waals surface area contributed by atoms with Gasteiger partial charge in [-0.05, 0) is 43.2 Å². The molecule has 1 saturated carbocycles. The monoisotopic (exact) mass is 326 g/mol. The van der Waals surface area contributed by atoms with Crippen molar-refractivity contribution in [2.75, 3.05) is 13.7 Å². The minimum Gasteiger partial charge on any atom is -0.497 e. The van der Waals surface area contributed by atoms with Crippen LogP contribution in [0, 0.1) is 0 Å². The molecule has 0 saturated heterocycles. The quantitative estimate of drug-likeness (QED) is 0.905. The fourth-order valence-corrected chi connectivity index (χ4v) is 3.56. The molecule has 6 heteroatoms. The molecule has 0 unspecified atom stereocenters. The number of hydrogen-bond donors (Lipinski definition) is 2. The Kier molecular flexibility index (Phi) is 3.98. The maximum absolute atomic E-state index is 12.2. The van der Waals surface area contributed by atoms with Crippen molar-refractivity contribution in [3.8, 4) is 17.0 Å². The molecule has 1 aromatic carbocycles. The van der Waals surface area contributed by atoms with E-state index in [2.05, 4.69) is 10.6 Å². The van der Waals surface area contributed by atoms with Gasteiger partial charge in [0.15, 0.2) is 0 Å². The second kappa shape index (κ2) is 6.28. The molecule has 2 aromatic rings. The Balaban J connectivity index is 1.63. The number of amides is 1. The van der Waals surface area contributed by atoms with Crippen LogP contribution in [0.3, 0.4) is 0 Å². The van der Waals surface area contributed by atoms with Crippen LogP contribution in [0.1, 0.15) is 42.3 Å². The predicted molar refractivity (Wildman–Crippen MR) is 91.0 cm³/mol. The summed E-state index contributed by atoms with van der Waals surface area (Å²) in [6.45, 7) is 0.575. The van der Waals surface area contributed by atoms with Gasteiger partial charge in [-0.15, -0.1) is 0 Å². The topological polar surface area (TPSA) is 68.2 Å². The largest absolute Gasteiger partial charge is 0.497 e. The number of nitrogens with zero attached hydrogens (tertiary/aromatic N) is 2. The average Bonchev–Trinajstić information content (AvgIpc) is 3.27. The van der Waals surface area contributed by atoms with Gasteiger partial charge in [-0.25, -0.2) is 4.68 Å². The van der Waals surface area contributed by atoms with Crippen molar-refractivity contribution in [1.82, 2.24) is 20.4 Å². The van der Waals surface area contributed by atoms with Crippen molar-refractivity contribution in [3.63, 3.8) is 0 Å². The molecule has 6 nitrogen and oxygen atoms in total. The molecule has 126 valence electrons. The molecular formula is C18H22N4O2. The lowest BCUT2D eigenvalue weighted by Gasteiger charge is -2.28. The third-order valence-corrected chi connectivity index (χ3v) is 4.89. The van der Waals surface area contributed by atoms with Gasteiger partial charge in [0.2, 0.25) is 0 Å². The van der Waals surface area contributed by atoms with E-state index >= 15 is 0 Å². The molecule has 1 amide bonds. The van der Waals surface area contributed by atoms with E-state index in [0.717, 1.165) is 17.0 Å². The van der Waals surface area contributed by atoms with Crippen molar-refractivity contribution in [1.29, 1.82) is 0 Å². The van der Waals surface area contributed by atoms with Crippen LogP contribution in [0.15, 0.2) is 30.3 Å². The molecule has 1 aromatic heterocycles. The highest BCUT2D eigenvalue weighted by atomic mass is 16.5. The lowest BCUT2D eigenvalue weighted by Crippen LogP contribution is -2.47. The van der Waals surface area contributed by atoms with Gasteiger partial charge in [-0.2, -0.15) is 5.10 Å². The van der Waals surface area contributed by atoms with E-state index in [4.69, 9.17) is 9.84 Å². The number of carbonyl (C=O) groups is 1. The first-order chi connectivity index (χ1) is 11.7. The van der Waals surface area contributed by atoms with Crippen LogP contribution in [0.25, 0.3) is 11.3 Å². The van der Waals surface area contributed by atoms with E-state index in [-0.39, 0.29) is 12.1 Å². The molecule has 1 aliphatic heterocycles. The Morgan fingerprint density at radius 1 is 1.25 bits per heavy atom. The summed E-state index contributed by atoms with van der Waals surface area (Å²) in [6.07, 6.45) is 4.98. The van der Waals surface area contributed by atoms with Crippen LogP contribution in [0.5, 0.6) is 5.75 Å². The number of fused-ring (bicyclic) bond motifs is 1. The van der Waals surface area contributed by atoms with Crippen LogP contribution in [0.2, 0.25) is 0 Å². The van der Waals surface area contributed by atoms with Gasteiger partial charge < -0.3 is 10.1 Å². The van der Waals surface area contributed by atoms with Crippen LogP contribution in [-0.4, -0.2) is 35.4 Å². The Morgan fingerprint density at radius 2 is 2.00 bits per heavy atom. The zero-order chi connectivity index (χ0) is 16.5. The molecule has 0 radical (unpaired) electrons. The van der Waals surface area contributed by atoms with Gasteiger partial charge >= 0.3 is 0 Å². The normalized spacial score (nSPS) is 20.7. The molecule has 1 fully saturated rings. The number of rotatable bonds is 4. The minimum absolute atomic E-state index is 0.0211. The zero-order valence-corrected chi connectivity index (χ0v) is 13.8. The summed E-state index contributed by atoms with van der Waals surface area (Å²) in [7, 11) is 1.65. The first-order valence-electron chi connectivity index (χ1n) is 8.53. The third kappa shape index (κ3) is 2.78. The Bertz CT molecular complexity index is 732. The second-order valence-electron chi connectivity index (χ2n) is 6.46. The number of carbonyl (C=O) groups excluding carboxylic acids is 1. The lowest BCUT2D eigenvalue weighted by atomic mass is 10.1. The molecule has 1 aliphatic carbocycles. The molecule has 2 aliphatic rings. The first kappa shape index (κ1) is 15.2. The molecule has 1 atom stereocenters. The smallest absolute Gasteiger partial charge is 0.269 e. The maximum atomic E-state index is 12.2. The molecular weight excluding hydrogens is 304 g/mol. The highest BCUT2D eigenvalue weighted by molar-refractivity contribution is 5.94. The third-order valence-electron chi connectivity index (χ3n) is 4.89. The van der Waals surface area contributed by atoms with E-state index in [1.807, 2.05) is 35.0 Å². The molecule has 2 heterocycles. The van der Waals surface area contributed by atoms with Crippen molar-refractivity contribution < 1.29 is 9.53 Å². The molecule has 24 heavy (non-hydrogen) atoms. The Labute approximate surface area is 141 Å². The van der Waals surface area contributed by atoms with Gasteiger partial charge in [-0.1, -0.05) is 12.8 Å². The fourth-order valence-electron chi connectivity index (χ4n) is 3.56. The van der Waals surface area contributed by atoms with Crippen LogP contribution in [-0.2, 0) is 0 Å². The standard InChI is InChI=1S/C18H22N4O2/c1-24-14-8-6-12(7-9-14)15-10-16-18(23)19-11-17(22(16)21-15)20-13-4-2-3-5-13/h6-10,13,17,20H,2-5,11H2,1H3,(H,19,23)/t17-/m1/s1. The van der Waals surface area contributed by atoms with Gasteiger partial charge in [0.25, 0.3) is 5.91 Å². The number of benzene rings is 1. The van der Waals surface area contributed by atoms with Crippen LogP contribution >= 0.6 is 0 Å². The summed E-state index contributed by atoms with van der Waals surface area (Å²) in [5.74, 6) is 0.743. The van der Waals surface area contributed by atoms with Gasteiger partial charge in [0, 0.05) is 11.6 Å². The van der Waals surface area contributed by atoms with Crippen LogP contribution < -0.4 is 15.4 Å². The average molecular weight is 326 g/mol. The number of hydrogen-bond acceptors (Lipinski definition) is 4. The highest BCUT2D eigenvalue weighted by Gasteiger charge is 2.29. The molecule has 0 bridgehead atoms. The zero-order valence-electron chi connectivity index (χ0n) is 13.8. The van der Waals surface area contributed by atoms with E-state index in [1.165, 1.54) is 25.7 Å². The van der Waals surface area contributed by atoms with Crippen LogP contribution in [0.4, 0.5) is 0 Å². The van der Waals surface area contributed by atoms with Crippen molar-refractivity contribution in [2.24, 2.45) is 0 Å². The fraction of sp³-hybridized carbons (Fsp3) is 0.444. The SMILES string of the molecule is COc1ccc(-c2cc3n(n2)[C@@H](NC2CCCC2)CNC3=O)cc1. The second-order valence-corrected chi connectivity index (χ2v) is 6.46. The van der Waals surface area contributed by atoms with Crippen molar-refractivity contribution >= 4 is 5.91 Å². The van der Waals surface area contributed by atoms with E-state index in [9.17, 15) is 4.79 Å². The molecule has 0 spiro atoms. The van der Waals surface area contributed by atoms with Gasteiger partial charge in [-0.3, -0.25) is 10.1 Å². The summed E-state index contributed by atoms with van der Waals surface area (Å²) in [4.78, 5) is 12.2. The first-order valence-corrected chi connectivity index (χ1v) is 8.53. The number of ether oxygens (including phenoxy) is 1. The number of aromatic nitrogens is 2. The van der Waals surface area contributed by atoms with E-state index < -0.39 is 0 Å². The Hall–Kier alpha value is -2.34. The van der Waals surface area contributed by atoms with Crippen molar-refractivity contribution in [2.45, 2.75) is 37.9 Å². The molecule has 2 N–H and O–H groups in total. The summed E-state index contributed by atoms with van der Waals surface area (Å²) >= 11 is 0. The summed E-state index contributed by atoms with van der Waals surface area (Å²) in [6, 6.07) is 10.1. The lowest BCUT2D eigenvalue weighted by molar-refractivity contribution is 0.0896. The number of methoxy groups -OCH3 is 1. The van der Waals surface area contributed by atoms with Crippen molar-refractivity contribution in [3.05, 3.63) is 36.0 Å². The summed E-state index contributed by atoms with van der Waals surface area (Å²) in [5, 5.41) is 11.3. The summed E-state index contributed by atoms with van der Waals surface area (Å²) < 4.78 is 7.04. The number of nitrogens with one attached hydrogen (secondary N) is 2. The van der Waals surface area contributed by atoms with E-state index in [0.29, 0.717) is 18.3 Å². The predicted octanol–water partition coefficient (Wildman–Crippen LogP) is 2.33. The van der Waals surface area contributed by atoms with Gasteiger partial charge in [0.1, 0.15) is 17.6 Å². The summed E-state index contributed by atoms with van der Waals surface area (Å²) in [5.41, 5.74) is 2.40. The highest BCUT2D eigenvalue weighted by Crippen LogP contribution is 2.26. The Morgan fingerprint density at radius 3 is 2.71 bits per heavy atom. The molecule has 4 rings (SSSR count). The van der Waals surface area contributed by atoms with Gasteiger partial charge in [0.05, 0.1) is 19.3 Å². The maximum Gasteiger partial charge on any atom is 0.269 e. The minimum atomic E-state index is -0.0632.